The molecule has 1 saturated heterocycles. The monoisotopic (exact) mass is 221 g/mol. The number of hydrogen-bond acceptors (Lipinski definition) is 3. The van der Waals surface area contributed by atoms with Crippen molar-refractivity contribution in [1.29, 1.82) is 0 Å². The number of para-hydroxylation sites is 1. The number of hydrogen-bond donors (Lipinski definition) is 0. The molecule has 1 fully saturated rings. The quantitative estimate of drug-likeness (QED) is 0.763. The molecular weight excluding hydrogens is 202 g/mol. The molecule has 3 nitrogen and oxygen atoms in total. The molecular formula is C13H19NO2. The Morgan fingerprint density at radius 1 is 1.19 bits per heavy atom. The number of rotatable bonds is 5. The highest BCUT2D eigenvalue weighted by Gasteiger charge is 2.12. The fourth-order valence-electron chi connectivity index (χ4n) is 1.90. The van der Waals surface area contributed by atoms with Crippen LogP contribution in [0.25, 0.3) is 0 Å². The molecule has 2 rings (SSSR count). The third-order valence-corrected chi connectivity index (χ3v) is 2.74. The molecule has 0 bridgehead atoms. The maximum absolute atomic E-state index is 5.73. The average Bonchev–Trinajstić information content (AvgIpc) is 2.81. The van der Waals surface area contributed by atoms with Gasteiger partial charge < -0.3 is 4.74 Å². The molecule has 0 amide bonds. The lowest BCUT2D eigenvalue weighted by Gasteiger charge is -2.16. The van der Waals surface area contributed by atoms with E-state index in [2.05, 4.69) is 6.07 Å². The Bertz CT molecular complexity index is 321. The van der Waals surface area contributed by atoms with Gasteiger partial charge in [0.05, 0.1) is 13.2 Å². The summed E-state index contributed by atoms with van der Waals surface area (Å²) < 4.78 is 5.55. The van der Waals surface area contributed by atoms with Gasteiger partial charge in [-0.3, -0.25) is 4.84 Å². The van der Waals surface area contributed by atoms with E-state index < -0.39 is 0 Å². The summed E-state index contributed by atoms with van der Waals surface area (Å²) in [6.45, 7) is 5.41. The van der Waals surface area contributed by atoms with Gasteiger partial charge in [0, 0.05) is 18.7 Å². The van der Waals surface area contributed by atoms with Crippen molar-refractivity contribution in [2.75, 3.05) is 19.7 Å². The van der Waals surface area contributed by atoms with Crippen LogP contribution in [0.4, 0.5) is 0 Å². The molecule has 0 N–H and O–H groups in total. The van der Waals surface area contributed by atoms with Gasteiger partial charge >= 0.3 is 0 Å². The molecule has 0 aliphatic carbocycles. The molecule has 1 aromatic rings. The highest BCUT2D eigenvalue weighted by molar-refractivity contribution is 5.32. The summed E-state index contributed by atoms with van der Waals surface area (Å²) in [5.74, 6) is 0.934. The first-order valence-electron chi connectivity index (χ1n) is 5.98. The average molecular weight is 221 g/mol. The lowest BCUT2D eigenvalue weighted by molar-refractivity contribution is -0.153. The molecule has 1 heterocycles. The van der Waals surface area contributed by atoms with Crippen molar-refractivity contribution in [3.63, 3.8) is 0 Å². The van der Waals surface area contributed by atoms with Crippen LogP contribution in [0.5, 0.6) is 5.75 Å². The summed E-state index contributed by atoms with van der Waals surface area (Å²) in [5, 5.41) is 2.04. The van der Waals surface area contributed by atoms with Gasteiger partial charge in [-0.25, -0.2) is 0 Å². The van der Waals surface area contributed by atoms with Gasteiger partial charge in [-0.05, 0) is 25.8 Å². The van der Waals surface area contributed by atoms with Crippen molar-refractivity contribution in [2.45, 2.75) is 26.4 Å². The molecule has 0 saturated carbocycles. The van der Waals surface area contributed by atoms with Crippen LogP contribution in [0, 0.1) is 0 Å². The minimum absolute atomic E-state index is 0.607. The van der Waals surface area contributed by atoms with Crippen molar-refractivity contribution in [3.8, 4) is 5.75 Å². The van der Waals surface area contributed by atoms with Crippen molar-refractivity contribution in [1.82, 2.24) is 5.06 Å². The van der Waals surface area contributed by atoms with Crippen LogP contribution >= 0.6 is 0 Å². The largest absolute Gasteiger partial charge is 0.494 e. The van der Waals surface area contributed by atoms with Gasteiger partial charge in [0.1, 0.15) is 5.75 Å². The van der Waals surface area contributed by atoms with Gasteiger partial charge in [0.15, 0.2) is 0 Å². The topological polar surface area (TPSA) is 21.7 Å². The highest BCUT2D eigenvalue weighted by Crippen LogP contribution is 2.20. The van der Waals surface area contributed by atoms with E-state index in [0.717, 1.165) is 24.4 Å². The number of benzene rings is 1. The molecule has 88 valence electrons. The zero-order valence-corrected chi connectivity index (χ0v) is 9.82. The predicted molar refractivity (Wildman–Crippen MR) is 63.2 cm³/mol. The fourth-order valence-corrected chi connectivity index (χ4v) is 1.90. The van der Waals surface area contributed by atoms with Crippen LogP contribution in [0.2, 0.25) is 0 Å². The van der Waals surface area contributed by atoms with Gasteiger partial charge in [-0.15, -0.1) is 0 Å². The van der Waals surface area contributed by atoms with Crippen LogP contribution in [-0.4, -0.2) is 24.8 Å². The zero-order valence-electron chi connectivity index (χ0n) is 9.82. The first kappa shape index (κ1) is 11.4. The highest BCUT2D eigenvalue weighted by atomic mass is 16.7. The lowest BCUT2D eigenvalue weighted by atomic mass is 10.2. The molecule has 1 aromatic carbocycles. The number of nitrogens with zero attached hydrogens (tertiary/aromatic N) is 1. The lowest BCUT2D eigenvalue weighted by Crippen LogP contribution is -2.19. The molecule has 0 atom stereocenters. The van der Waals surface area contributed by atoms with Crippen LogP contribution in [0.1, 0.15) is 25.3 Å². The van der Waals surface area contributed by atoms with Crippen molar-refractivity contribution >= 4 is 0 Å². The molecule has 0 unspecified atom stereocenters. The van der Waals surface area contributed by atoms with Crippen molar-refractivity contribution in [3.05, 3.63) is 29.8 Å². The predicted octanol–water partition coefficient (Wildman–Crippen LogP) is 2.61. The minimum atomic E-state index is 0.607. The first-order chi connectivity index (χ1) is 7.90. The summed E-state index contributed by atoms with van der Waals surface area (Å²) in [6, 6.07) is 8.06. The maximum atomic E-state index is 5.73. The molecule has 0 spiro atoms. The van der Waals surface area contributed by atoms with Gasteiger partial charge in [-0.2, -0.15) is 5.06 Å². The second-order valence-corrected chi connectivity index (χ2v) is 3.95. The molecule has 1 aliphatic heterocycles. The Balaban J connectivity index is 1.91. The summed E-state index contributed by atoms with van der Waals surface area (Å²) in [6.07, 6.45) is 2.49. The van der Waals surface area contributed by atoms with E-state index in [-0.39, 0.29) is 0 Å². The molecule has 0 aromatic heterocycles. The maximum Gasteiger partial charge on any atom is 0.124 e. The van der Waals surface area contributed by atoms with E-state index in [1.165, 1.54) is 12.8 Å². The van der Waals surface area contributed by atoms with Gasteiger partial charge in [0.25, 0.3) is 0 Å². The Morgan fingerprint density at radius 3 is 2.69 bits per heavy atom. The van der Waals surface area contributed by atoms with E-state index in [4.69, 9.17) is 9.57 Å². The second kappa shape index (κ2) is 5.87. The Hall–Kier alpha value is -1.06. The fraction of sp³-hybridized carbons (Fsp3) is 0.538. The standard InChI is InChI=1S/C13H19NO2/c1-2-15-13-8-4-3-7-12(13)11-16-14-9-5-6-10-14/h3-4,7-8H,2,5-6,9-11H2,1H3. The van der Waals surface area contributed by atoms with Crippen LogP contribution in [0.15, 0.2) is 24.3 Å². The van der Waals surface area contributed by atoms with E-state index in [0.29, 0.717) is 13.2 Å². The number of hydroxylamine groups is 2. The third kappa shape index (κ3) is 2.97. The Morgan fingerprint density at radius 2 is 1.94 bits per heavy atom. The van der Waals surface area contributed by atoms with Gasteiger partial charge in [-0.1, -0.05) is 18.2 Å². The third-order valence-electron chi connectivity index (χ3n) is 2.74. The summed E-state index contributed by atoms with van der Waals surface area (Å²) in [5.41, 5.74) is 1.12. The molecule has 1 aliphatic rings. The SMILES string of the molecule is CCOc1ccccc1CON1CCCC1. The van der Waals surface area contributed by atoms with E-state index in [1.54, 1.807) is 0 Å². The van der Waals surface area contributed by atoms with Crippen LogP contribution < -0.4 is 4.74 Å². The van der Waals surface area contributed by atoms with Crippen LogP contribution in [0.3, 0.4) is 0 Å². The first-order valence-corrected chi connectivity index (χ1v) is 5.98. The van der Waals surface area contributed by atoms with Crippen molar-refractivity contribution < 1.29 is 9.57 Å². The van der Waals surface area contributed by atoms with E-state index in [1.807, 2.05) is 30.2 Å². The molecule has 0 radical (unpaired) electrons. The number of ether oxygens (including phenoxy) is 1. The van der Waals surface area contributed by atoms with E-state index in [9.17, 15) is 0 Å². The van der Waals surface area contributed by atoms with E-state index >= 15 is 0 Å². The zero-order chi connectivity index (χ0) is 11.2. The molecule has 16 heavy (non-hydrogen) atoms. The smallest absolute Gasteiger partial charge is 0.124 e. The van der Waals surface area contributed by atoms with Gasteiger partial charge in [0.2, 0.25) is 0 Å². The summed E-state index contributed by atoms with van der Waals surface area (Å²) >= 11 is 0. The summed E-state index contributed by atoms with van der Waals surface area (Å²) in [7, 11) is 0. The Labute approximate surface area is 96.9 Å². The molecule has 3 heteroatoms. The minimum Gasteiger partial charge on any atom is -0.494 e. The van der Waals surface area contributed by atoms with Crippen molar-refractivity contribution in [2.24, 2.45) is 0 Å². The Kier molecular flexibility index (Phi) is 4.19. The summed E-state index contributed by atoms with van der Waals surface area (Å²) in [4.78, 5) is 5.73. The normalized spacial score (nSPS) is 16.6. The second-order valence-electron chi connectivity index (χ2n) is 3.95. The van der Waals surface area contributed by atoms with Crippen LogP contribution in [-0.2, 0) is 11.4 Å².